The Balaban J connectivity index is 1.68. The number of rotatable bonds is 6. The number of likely N-dealkylation sites (tertiary alicyclic amines) is 1. The van der Waals surface area contributed by atoms with E-state index >= 15 is 0 Å². The monoisotopic (exact) mass is 408 g/mol. The van der Waals surface area contributed by atoms with Gasteiger partial charge in [-0.25, -0.2) is 0 Å². The molecule has 7 heteroatoms. The van der Waals surface area contributed by atoms with Crippen LogP contribution < -0.4 is 16.0 Å². The van der Waals surface area contributed by atoms with Gasteiger partial charge in [0, 0.05) is 19.3 Å². The van der Waals surface area contributed by atoms with Gasteiger partial charge in [0.15, 0.2) is 0 Å². The van der Waals surface area contributed by atoms with E-state index < -0.39 is 6.04 Å². The van der Waals surface area contributed by atoms with E-state index in [1.54, 1.807) is 24.1 Å². The van der Waals surface area contributed by atoms with Crippen molar-refractivity contribution in [1.29, 1.82) is 0 Å². The minimum Gasteiger partial charge on any atom is -0.357 e. The van der Waals surface area contributed by atoms with Gasteiger partial charge in [-0.2, -0.15) is 0 Å². The Labute approximate surface area is 176 Å². The van der Waals surface area contributed by atoms with Crippen LogP contribution in [-0.2, 0) is 9.59 Å². The fourth-order valence-electron chi connectivity index (χ4n) is 3.68. The standard InChI is InChI=1S/C23H28N4O3/c1-15-8-6-11-18(16(15)2)26-19-10-5-4-9-17(19)22(29)25-14-21(28)27-13-7-12-20(27)23(30)24-3/h4-6,8-11,20,26H,7,12-14H2,1-3H3,(H,24,30)(H,25,29). The highest BCUT2D eigenvalue weighted by atomic mass is 16.2. The minimum absolute atomic E-state index is 0.149. The molecular weight excluding hydrogens is 380 g/mol. The average Bonchev–Trinajstić information content (AvgIpc) is 3.25. The molecule has 0 aliphatic carbocycles. The summed E-state index contributed by atoms with van der Waals surface area (Å²) in [4.78, 5) is 38.9. The predicted octanol–water partition coefficient (Wildman–Crippen LogP) is 2.51. The van der Waals surface area contributed by atoms with Crippen molar-refractivity contribution in [3.63, 3.8) is 0 Å². The Bertz CT molecular complexity index is 957. The first-order valence-electron chi connectivity index (χ1n) is 10.1. The van der Waals surface area contributed by atoms with E-state index in [0.29, 0.717) is 24.2 Å². The number of anilines is 2. The third-order valence-electron chi connectivity index (χ3n) is 5.57. The first-order valence-corrected chi connectivity index (χ1v) is 10.1. The summed E-state index contributed by atoms with van der Waals surface area (Å²) in [5.41, 5.74) is 4.31. The highest BCUT2D eigenvalue weighted by Crippen LogP contribution is 2.25. The maximum Gasteiger partial charge on any atom is 0.253 e. The molecule has 3 N–H and O–H groups in total. The highest BCUT2D eigenvalue weighted by molar-refractivity contribution is 6.02. The van der Waals surface area contributed by atoms with Crippen molar-refractivity contribution in [2.24, 2.45) is 0 Å². The highest BCUT2D eigenvalue weighted by Gasteiger charge is 2.33. The molecule has 0 bridgehead atoms. The van der Waals surface area contributed by atoms with Crippen LogP contribution in [0.1, 0.15) is 34.3 Å². The van der Waals surface area contributed by atoms with Gasteiger partial charge < -0.3 is 20.9 Å². The second kappa shape index (κ2) is 9.43. The summed E-state index contributed by atoms with van der Waals surface area (Å²) in [7, 11) is 1.56. The van der Waals surface area contributed by atoms with E-state index in [-0.39, 0.29) is 24.3 Å². The fraction of sp³-hybridized carbons (Fsp3) is 0.348. The van der Waals surface area contributed by atoms with Crippen molar-refractivity contribution in [3.05, 3.63) is 59.2 Å². The van der Waals surface area contributed by atoms with Gasteiger partial charge in [0.25, 0.3) is 5.91 Å². The average molecular weight is 409 g/mol. The van der Waals surface area contributed by atoms with E-state index in [4.69, 9.17) is 0 Å². The first-order chi connectivity index (χ1) is 14.4. The molecule has 1 atom stereocenters. The molecule has 0 saturated carbocycles. The minimum atomic E-state index is -0.461. The van der Waals surface area contributed by atoms with Gasteiger partial charge in [-0.05, 0) is 56.0 Å². The molecule has 3 rings (SSSR count). The lowest BCUT2D eigenvalue weighted by Gasteiger charge is -2.23. The van der Waals surface area contributed by atoms with Crippen molar-refractivity contribution < 1.29 is 14.4 Å². The second-order valence-corrected chi connectivity index (χ2v) is 7.46. The number of aryl methyl sites for hydroxylation is 1. The number of nitrogens with one attached hydrogen (secondary N) is 3. The molecule has 1 aliphatic heterocycles. The Morgan fingerprint density at radius 2 is 1.77 bits per heavy atom. The fourth-order valence-corrected chi connectivity index (χ4v) is 3.68. The van der Waals surface area contributed by atoms with E-state index in [1.165, 1.54) is 0 Å². The van der Waals surface area contributed by atoms with Crippen LogP contribution in [0.2, 0.25) is 0 Å². The lowest BCUT2D eigenvalue weighted by atomic mass is 10.1. The van der Waals surface area contributed by atoms with Crippen molar-refractivity contribution in [1.82, 2.24) is 15.5 Å². The van der Waals surface area contributed by atoms with E-state index in [2.05, 4.69) is 16.0 Å². The van der Waals surface area contributed by atoms with Crippen LogP contribution in [0.15, 0.2) is 42.5 Å². The maximum absolute atomic E-state index is 12.8. The van der Waals surface area contributed by atoms with Gasteiger partial charge in [-0.1, -0.05) is 24.3 Å². The Morgan fingerprint density at radius 1 is 1.03 bits per heavy atom. The first kappa shape index (κ1) is 21.4. The number of likely N-dealkylation sites (N-methyl/N-ethyl adjacent to an activating group) is 1. The predicted molar refractivity (Wildman–Crippen MR) is 117 cm³/mol. The lowest BCUT2D eigenvalue weighted by molar-refractivity contribution is -0.137. The molecule has 1 heterocycles. The smallest absolute Gasteiger partial charge is 0.253 e. The van der Waals surface area contributed by atoms with Crippen LogP contribution in [0, 0.1) is 13.8 Å². The number of benzene rings is 2. The molecule has 1 aliphatic rings. The van der Waals surface area contributed by atoms with E-state index in [0.717, 1.165) is 23.2 Å². The third kappa shape index (κ3) is 4.62. The molecule has 2 aromatic rings. The Hall–Kier alpha value is -3.35. The van der Waals surface area contributed by atoms with Crippen LogP contribution in [0.4, 0.5) is 11.4 Å². The zero-order valence-corrected chi connectivity index (χ0v) is 17.6. The summed E-state index contributed by atoms with van der Waals surface area (Å²) in [5.74, 6) is -0.767. The number of hydrogen-bond donors (Lipinski definition) is 3. The number of hydrogen-bond acceptors (Lipinski definition) is 4. The largest absolute Gasteiger partial charge is 0.357 e. The van der Waals surface area contributed by atoms with Gasteiger partial charge in [0.2, 0.25) is 11.8 Å². The van der Waals surface area contributed by atoms with Gasteiger partial charge in [-0.15, -0.1) is 0 Å². The summed E-state index contributed by atoms with van der Waals surface area (Å²) in [6.45, 7) is 4.44. The molecule has 0 aromatic heterocycles. The van der Waals surface area contributed by atoms with E-state index in [9.17, 15) is 14.4 Å². The topological polar surface area (TPSA) is 90.5 Å². The third-order valence-corrected chi connectivity index (χ3v) is 5.57. The van der Waals surface area contributed by atoms with Crippen molar-refractivity contribution in [3.8, 4) is 0 Å². The SMILES string of the molecule is CNC(=O)C1CCCN1C(=O)CNC(=O)c1ccccc1Nc1cccc(C)c1C. The van der Waals surface area contributed by atoms with Crippen LogP contribution in [0.5, 0.6) is 0 Å². The number of amides is 3. The number of carbonyl (C=O) groups excluding carboxylic acids is 3. The zero-order valence-electron chi connectivity index (χ0n) is 17.6. The zero-order chi connectivity index (χ0) is 21.7. The lowest BCUT2D eigenvalue weighted by Crippen LogP contribution is -2.48. The molecule has 30 heavy (non-hydrogen) atoms. The summed E-state index contributed by atoms with van der Waals surface area (Å²) in [6, 6.07) is 12.7. The van der Waals surface area contributed by atoms with Crippen LogP contribution in [0.3, 0.4) is 0 Å². The summed E-state index contributed by atoms with van der Waals surface area (Å²) in [6.07, 6.45) is 1.42. The van der Waals surface area contributed by atoms with Crippen LogP contribution in [-0.4, -0.2) is 48.8 Å². The molecule has 1 fully saturated rings. The Kier molecular flexibility index (Phi) is 6.72. The van der Waals surface area contributed by atoms with Crippen molar-refractivity contribution >= 4 is 29.1 Å². The molecular formula is C23H28N4O3. The molecule has 3 amide bonds. The summed E-state index contributed by atoms with van der Waals surface area (Å²) in [5, 5.41) is 8.62. The van der Waals surface area contributed by atoms with Gasteiger partial charge >= 0.3 is 0 Å². The molecule has 1 saturated heterocycles. The molecule has 2 aromatic carbocycles. The molecule has 158 valence electrons. The number of carbonyl (C=O) groups is 3. The van der Waals surface area contributed by atoms with E-state index in [1.807, 2.05) is 44.2 Å². The molecule has 0 radical (unpaired) electrons. The van der Waals surface area contributed by atoms with Gasteiger partial charge in [-0.3, -0.25) is 14.4 Å². The van der Waals surface area contributed by atoms with Crippen LogP contribution in [0.25, 0.3) is 0 Å². The normalized spacial score (nSPS) is 15.6. The molecule has 0 spiro atoms. The van der Waals surface area contributed by atoms with Crippen molar-refractivity contribution in [2.75, 3.05) is 25.5 Å². The Morgan fingerprint density at radius 3 is 2.53 bits per heavy atom. The number of nitrogens with zero attached hydrogens (tertiary/aromatic N) is 1. The molecule has 1 unspecified atom stereocenters. The summed E-state index contributed by atoms with van der Waals surface area (Å²) >= 11 is 0. The van der Waals surface area contributed by atoms with Gasteiger partial charge in [0.1, 0.15) is 6.04 Å². The quantitative estimate of drug-likeness (QED) is 0.685. The maximum atomic E-state index is 12.8. The molecule has 7 nitrogen and oxygen atoms in total. The van der Waals surface area contributed by atoms with Crippen LogP contribution >= 0.6 is 0 Å². The second-order valence-electron chi connectivity index (χ2n) is 7.46. The van der Waals surface area contributed by atoms with Gasteiger partial charge in [0.05, 0.1) is 17.8 Å². The summed E-state index contributed by atoms with van der Waals surface area (Å²) < 4.78 is 0. The van der Waals surface area contributed by atoms with Crippen molar-refractivity contribution in [2.45, 2.75) is 32.7 Å². The number of para-hydroxylation sites is 1.